The second-order valence-electron chi connectivity index (χ2n) is 6.02. The topological polar surface area (TPSA) is 41.5 Å². The van der Waals surface area contributed by atoms with Gasteiger partial charge in [-0.2, -0.15) is 0 Å². The van der Waals surface area contributed by atoms with Gasteiger partial charge >= 0.3 is 0 Å². The Bertz CT molecular complexity index is 232. The number of hydrogen-bond donors (Lipinski definition) is 2. The Kier molecular flexibility index (Phi) is 4.83. The number of hydrogen-bond acceptors (Lipinski definition) is 3. The van der Waals surface area contributed by atoms with Crippen molar-refractivity contribution in [1.29, 1.82) is 0 Å². The number of aliphatic hydroxyl groups is 1. The van der Waals surface area contributed by atoms with Crippen LogP contribution in [0.15, 0.2) is 0 Å². The highest BCUT2D eigenvalue weighted by molar-refractivity contribution is 4.88. The Morgan fingerprint density at radius 3 is 2.82 bits per heavy atom. The molecule has 3 heteroatoms. The van der Waals surface area contributed by atoms with Crippen LogP contribution in [-0.4, -0.2) is 36.5 Å². The van der Waals surface area contributed by atoms with E-state index in [9.17, 15) is 5.11 Å². The smallest absolute Gasteiger partial charge is 0.0612 e. The first-order chi connectivity index (χ1) is 8.20. The summed E-state index contributed by atoms with van der Waals surface area (Å²) in [7, 11) is 0. The molecule has 1 aliphatic heterocycles. The Morgan fingerprint density at radius 2 is 2.12 bits per heavy atom. The normalized spacial score (nSPS) is 38.8. The lowest BCUT2D eigenvalue weighted by atomic mass is 9.94. The van der Waals surface area contributed by atoms with Gasteiger partial charge in [-0.15, -0.1) is 0 Å². The average Bonchev–Trinajstić information content (AvgIpc) is 2.76. The molecular formula is C14H27NO2. The molecule has 1 saturated carbocycles. The van der Waals surface area contributed by atoms with Crippen molar-refractivity contribution in [1.82, 2.24) is 5.32 Å². The standard InChI is InChI=1S/C14H27NO2/c1-10(2)14-8-12(6-7-17-14)15-13-5-3-4-11(13)9-16/h10-16H,3-9H2,1-2H3. The van der Waals surface area contributed by atoms with Crippen LogP contribution in [0.3, 0.4) is 0 Å². The van der Waals surface area contributed by atoms with Crippen LogP contribution in [0.25, 0.3) is 0 Å². The molecule has 0 bridgehead atoms. The van der Waals surface area contributed by atoms with E-state index in [-0.39, 0.29) is 0 Å². The molecule has 0 aromatic carbocycles. The average molecular weight is 241 g/mol. The minimum Gasteiger partial charge on any atom is -0.396 e. The van der Waals surface area contributed by atoms with Crippen molar-refractivity contribution in [3.05, 3.63) is 0 Å². The highest BCUT2D eigenvalue weighted by Gasteiger charge is 2.31. The molecular weight excluding hydrogens is 214 g/mol. The molecule has 4 atom stereocenters. The Labute approximate surface area is 105 Å². The second-order valence-corrected chi connectivity index (χ2v) is 6.02. The minimum atomic E-state index is 0.342. The lowest BCUT2D eigenvalue weighted by Gasteiger charge is -2.35. The zero-order valence-corrected chi connectivity index (χ0v) is 11.2. The molecule has 1 heterocycles. The van der Waals surface area contributed by atoms with Crippen LogP contribution >= 0.6 is 0 Å². The van der Waals surface area contributed by atoms with Gasteiger partial charge in [0, 0.05) is 25.3 Å². The van der Waals surface area contributed by atoms with Crippen LogP contribution < -0.4 is 5.32 Å². The fraction of sp³-hybridized carbons (Fsp3) is 1.00. The number of rotatable bonds is 4. The predicted octanol–water partition coefficient (Wildman–Crippen LogP) is 1.94. The molecule has 2 fully saturated rings. The summed E-state index contributed by atoms with van der Waals surface area (Å²) >= 11 is 0. The van der Waals surface area contributed by atoms with E-state index in [1.165, 1.54) is 19.3 Å². The molecule has 100 valence electrons. The summed E-state index contributed by atoms with van der Waals surface area (Å²) in [4.78, 5) is 0. The molecule has 0 spiro atoms. The van der Waals surface area contributed by atoms with E-state index in [4.69, 9.17) is 4.74 Å². The summed E-state index contributed by atoms with van der Waals surface area (Å²) in [6.45, 7) is 5.70. The molecule has 0 amide bonds. The van der Waals surface area contributed by atoms with Crippen molar-refractivity contribution < 1.29 is 9.84 Å². The fourth-order valence-electron chi connectivity index (χ4n) is 3.22. The summed E-state index contributed by atoms with van der Waals surface area (Å²) in [5, 5.41) is 13.1. The van der Waals surface area contributed by atoms with Crippen molar-refractivity contribution in [3.63, 3.8) is 0 Å². The Hall–Kier alpha value is -0.120. The second kappa shape index (κ2) is 6.17. The third-order valence-corrected chi connectivity index (χ3v) is 4.40. The number of nitrogens with one attached hydrogen (secondary N) is 1. The van der Waals surface area contributed by atoms with Crippen molar-refractivity contribution in [3.8, 4) is 0 Å². The first-order valence-corrected chi connectivity index (χ1v) is 7.19. The van der Waals surface area contributed by atoms with Crippen LogP contribution in [0, 0.1) is 11.8 Å². The maximum Gasteiger partial charge on any atom is 0.0612 e. The highest BCUT2D eigenvalue weighted by atomic mass is 16.5. The van der Waals surface area contributed by atoms with Gasteiger partial charge in [-0.3, -0.25) is 0 Å². The van der Waals surface area contributed by atoms with Crippen LogP contribution in [0.1, 0.15) is 46.0 Å². The lowest BCUT2D eigenvalue weighted by Crippen LogP contribution is -2.46. The van der Waals surface area contributed by atoms with Gasteiger partial charge in [0.05, 0.1) is 6.10 Å². The number of ether oxygens (including phenoxy) is 1. The van der Waals surface area contributed by atoms with Crippen molar-refractivity contribution in [2.45, 2.75) is 64.1 Å². The molecule has 1 saturated heterocycles. The maximum absolute atomic E-state index is 9.34. The maximum atomic E-state index is 9.34. The van der Waals surface area contributed by atoms with Gasteiger partial charge in [-0.1, -0.05) is 20.3 Å². The highest BCUT2D eigenvalue weighted by Crippen LogP contribution is 2.28. The summed E-state index contributed by atoms with van der Waals surface area (Å²) in [5.74, 6) is 1.09. The van der Waals surface area contributed by atoms with Crippen molar-refractivity contribution in [2.24, 2.45) is 11.8 Å². The van der Waals surface area contributed by atoms with Crippen molar-refractivity contribution in [2.75, 3.05) is 13.2 Å². The van der Waals surface area contributed by atoms with Gasteiger partial charge in [0.2, 0.25) is 0 Å². The van der Waals surface area contributed by atoms with Crippen molar-refractivity contribution >= 4 is 0 Å². The molecule has 2 N–H and O–H groups in total. The van der Waals surface area contributed by atoms with E-state index >= 15 is 0 Å². The van der Waals surface area contributed by atoms with E-state index in [2.05, 4.69) is 19.2 Å². The molecule has 2 aliphatic rings. The van der Waals surface area contributed by atoms with Gasteiger partial charge in [-0.05, 0) is 37.5 Å². The van der Waals surface area contributed by atoms with E-state index < -0.39 is 0 Å². The van der Waals surface area contributed by atoms with Gasteiger partial charge in [0.1, 0.15) is 0 Å². The summed E-state index contributed by atoms with van der Waals surface area (Å²) in [5.41, 5.74) is 0. The summed E-state index contributed by atoms with van der Waals surface area (Å²) in [6, 6.07) is 1.13. The van der Waals surface area contributed by atoms with Gasteiger partial charge in [0.25, 0.3) is 0 Å². The molecule has 0 aromatic rings. The molecule has 0 radical (unpaired) electrons. The summed E-state index contributed by atoms with van der Waals surface area (Å²) < 4.78 is 5.80. The first kappa shape index (κ1) is 13.3. The van der Waals surface area contributed by atoms with Crippen LogP contribution in [0.4, 0.5) is 0 Å². The van der Waals surface area contributed by atoms with E-state index in [0.29, 0.717) is 36.6 Å². The van der Waals surface area contributed by atoms with Gasteiger partial charge < -0.3 is 15.2 Å². The monoisotopic (exact) mass is 241 g/mol. The third-order valence-electron chi connectivity index (χ3n) is 4.40. The molecule has 17 heavy (non-hydrogen) atoms. The first-order valence-electron chi connectivity index (χ1n) is 7.19. The lowest BCUT2D eigenvalue weighted by molar-refractivity contribution is -0.0269. The Morgan fingerprint density at radius 1 is 1.29 bits per heavy atom. The Balaban J connectivity index is 1.82. The molecule has 2 rings (SSSR count). The van der Waals surface area contributed by atoms with Gasteiger partial charge in [-0.25, -0.2) is 0 Å². The number of aliphatic hydroxyl groups excluding tert-OH is 1. The predicted molar refractivity (Wildman–Crippen MR) is 69.0 cm³/mol. The molecule has 3 nitrogen and oxygen atoms in total. The van der Waals surface area contributed by atoms with E-state index in [0.717, 1.165) is 19.4 Å². The zero-order valence-electron chi connectivity index (χ0n) is 11.2. The quantitative estimate of drug-likeness (QED) is 0.790. The largest absolute Gasteiger partial charge is 0.396 e. The fourth-order valence-corrected chi connectivity index (χ4v) is 3.22. The minimum absolute atomic E-state index is 0.342. The molecule has 4 unspecified atom stereocenters. The van der Waals surface area contributed by atoms with E-state index in [1.54, 1.807) is 0 Å². The van der Waals surface area contributed by atoms with Crippen LogP contribution in [0.2, 0.25) is 0 Å². The SMILES string of the molecule is CC(C)C1CC(NC2CCCC2CO)CCO1. The van der Waals surface area contributed by atoms with Gasteiger partial charge in [0.15, 0.2) is 0 Å². The molecule has 0 aromatic heterocycles. The summed E-state index contributed by atoms with van der Waals surface area (Å²) in [6.07, 6.45) is 6.35. The van der Waals surface area contributed by atoms with Crippen LogP contribution in [0.5, 0.6) is 0 Å². The van der Waals surface area contributed by atoms with Crippen LogP contribution in [-0.2, 0) is 4.74 Å². The van der Waals surface area contributed by atoms with E-state index in [1.807, 2.05) is 0 Å². The zero-order chi connectivity index (χ0) is 12.3. The third kappa shape index (κ3) is 3.43. The molecule has 1 aliphatic carbocycles.